The lowest BCUT2D eigenvalue weighted by Gasteiger charge is -2.17. The molecule has 8 nitrogen and oxygen atoms in total. The van der Waals surface area contributed by atoms with E-state index in [-0.39, 0.29) is 30.0 Å². The van der Waals surface area contributed by atoms with E-state index in [1.165, 1.54) is 0 Å². The van der Waals surface area contributed by atoms with Crippen LogP contribution in [0.1, 0.15) is 29.7 Å². The molecule has 1 saturated heterocycles. The van der Waals surface area contributed by atoms with E-state index in [2.05, 4.69) is 22.4 Å². The van der Waals surface area contributed by atoms with Crippen LogP contribution in [0.5, 0.6) is 0 Å². The summed E-state index contributed by atoms with van der Waals surface area (Å²) in [7, 11) is 0. The fourth-order valence-electron chi connectivity index (χ4n) is 3.21. The highest BCUT2D eigenvalue weighted by atomic mass is 16.3. The monoisotopic (exact) mass is 380 g/mol. The van der Waals surface area contributed by atoms with Gasteiger partial charge in [0.15, 0.2) is 11.5 Å². The second-order valence-electron chi connectivity index (χ2n) is 7.09. The summed E-state index contributed by atoms with van der Waals surface area (Å²) >= 11 is 0. The number of aliphatic hydroxyl groups is 1. The van der Waals surface area contributed by atoms with E-state index >= 15 is 0 Å². The summed E-state index contributed by atoms with van der Waals surface area (Å²) in [4.78, 5) is 14.2. The molecule has 1 aromatic heterocycles. The molecule has 1 amide bonds. The number of β-amino-alcohol motifs (C(OH)–C–C–N with tert-alkyl or cyclic N) is 1. The minimum atomic E-state index is -0.700. The molecule has 0 spiro atoms. The number of nitrogens with one attached hydrogen (secondary N) is 1. The zero-order valence-electron chi connectivity index (χ0n) is 15.7. The van der Waals surface area contributed by atoms with E-state index in [0.29, 0.717) is 25.5 Å². The lowest BCUT2D eigenvalue weighted by atomic mass is 9.99. The van der Waals surface area contributed by atoms with E-state index < -0.39 is 6.10 Å². The third kappa shape index (κ3) is 4.63. The number of amides is 1. The first-order chi connectivity index (χ1) is 13.5. The molecule has 2 heterocycles. The second-order valence-corrected chi connectivity index (χ2v) is 7.09. The highest BCUT2D eigenvalue weighted by Gasteiger charge is 2.33. The number of anilines is 1. The van der Waals surface area contributed by atoms with Crippen LogP contribution in [0.25, 0.3) is 0 Å². The van der Waals surface area contributed by atoms with Crippen LogP contribution in [-0.2, 0) is 11.2 Å². The van der Waals surface area contributed by atoms with Crippen molar-refractivity contribution in [3.8, 4) is 6.07 Å². The molecule has 1 aliphatic rings. The van der Waals surface area contributed by atoms with Gasteiger partial charge in [-0.15, -0.1) is 10.2 Å². The number of carbonyl (C=O) groups is 1. The number of aliphatic hydroxyl groups excluding tert-OH is 1. The van der Waals surface area contributed by atoms with Gasteiger partial charge in [-0.3, -0.25) is 4.79 Å². The standard InChI is InChI=1S/C20H24N6O2/c1-13(9-21)15-4-2-14(3-5-15)8-20(28)23-17-11-26(12-18(17)27)19-7-6-16(10-22)24-25-19/h2-7,13,17-18,27H,8-9,11-12,21H2,1H3,(H,23,28)/t13?,17-,18+/m0/s1. The fourth-order valence-corrected chi connectivity index (χ4v) is 3.21. The molecule has 0 bridgehead atoms. The summed E-state index contributed by atoms with van der Waals surface area (Å²) in [6.07, 6.45) is -0.453. The third-order valence-electron chi connectivity index (χ3n) is 4.99. The molecule has 8 heteroatoms. The van der Waals surface area contributed by atoms with E-state index in [0.717, 1.165) is 11.1 Å². The van der Waals surface area contributed by atoms with Gasteiger partial charge in [0.2, 0.25) is 5.91 Å². The van der Waals surface area contributed by atoms with Crippen molar-refractivity contribution in [3.63, 3.8) is 0 Å². The lowest BCUT2D eigenvalue weighted by Crippen LogP contribution is -2.43. The Kier molecular flexibility index (Phi) is 6.19. The average molecular weight is 380 g/mol. The van der Waals surface area contributed by atoms with Crippen molar-refractivity contribution in [2.75, 3.05) is 24.5 Å². The third-order valence-corrected chi connectivity index (χ3v) is 4.99. The highest BCUT2D eigenvalue weighted by Crippen LogP contribution is 2.18. The largest absolute Gasteiger partial charge is 0.389 e. The topological polar surface area (TPSA) is 128 Å². The Morgan fingerprint density at radius 3 is 2.68 bits per heavy atom. The van der Waals surface area contributed by atoms with Gasteiger partial charge in [-0.1, -0.05) is 31.2 Å². The molecule has 4 N–H and O–H groups in total. The average Bonchev–Trinajstić information content (AvgIpc) is 3.08. The van der Waals surface area contributed by atoms with Crippen LogP contribution < -0.4 is 16.0 Å². The Morgan fingerprint density at radius 1 is 1.32 bits per heavy atom. The zero-order valence-corrected chi connectivity index (χ0v) is 15.7. The molecular formula is C20H24N6O2. The first-order valence-electron chi connectivity index (χ1n) is 9.25. The number of aromatic nitrogens is 2. The minimum absolute atomic E-state index is 0.142. The van der Waals surface area contributed by atoms with Crippen LogP contribution in [0.3, 0.4) is 0 Å². The van der Waals surface area contributed by atoms with Gasteiger partial charge < -0.3 is 21.1 Å². The molecule has 0 aliphatic carbocycles. The molecule has 1 aliphatic heterocycles. The number of benzene rings is 1. The van der Waals surface area contributed by atoms with E-state index in [4.69, 9.17) is 11.0 Å². The van der Waals surface area contributed by atoms with Crippen molar-refractivity contribution in [2.45, 2.75) is 31.4 Å². The molecule has 28 heavy (non-hydrogen) atoms. The van der Waals surface area contributed by atoms with Gasteiger partial charge >= 0.3 is 0 Å². The van der Waals surface area contributed by atoms with Crippen LogP contribution in [-0.4, -0.2) is 53.0 Å². The molecule has 1 aromatic carbocycles. The fraction of sp³-hybridized carbons (Fsp3) is 0.400. The van der Waals surface area contributed by atoms with Gasteiger partial charge in [0, 0.05) is 13.1 Å². The maximum Gasteiger partial charge on any atom is 0.224 e. The zero-order chi connectivity index (χ0) is 20.1. The van der Waals surface area contributed by atoms with Gasteiger partial charge in [-0.05, 0) is 35.7 Å². The predicted molar refractivity (Wildman–Crippen MR) is 105 cm³/mol. The van der Waals surface area contributed by atoms with Crippen LogP contribution in [0, 0.1) is 11.3 Å². The first kappa shape index (κ1) is 19.7. The van der Waals surface area contributed by atoms with E-state index in [1.807, 2.05) is 35.2 Å². The maximum atomic E-state index is 12.4. The second kappa shape index (κ2) is 8.78. The summed E-state index contributed by atoms with van der Waals surface area (Å²) in [6.45, 7) is 3.42. The summed E-state index contributed by atoms with van der Waals surface area (Å²) in [5.41, 5.74) is 7.98. The Morgan fingerprint density at radius 2 is 2.07 bits per heavy atom. The summed E-state index contributed by atoms with van der Waals surface area (Å²) < 4.78 is 0. The number of rotatable bonds is 6. The number of nitriles is 1. The maximum absolute atomic E-state index is 12.4. The van der Waals surface area contributed by atoms with Crippen LogP contribution in [0.2, 0.25) is 0 Å². The normalized spacial score (nSPS) is 19.9. The van der Waals surface area contributed by atoms with Crippen molar-refractivity contribution in [1.29, 1.82) is 5.26 Å². The van der Waals surface area contributed by atoms with Crippen LogP contribution in [0.4, 0.5) is 5.82 Å². The molecule has 0 radical (unpaired) electrons. The number of hydrogen-bond donors (Lipinski definition) is 3. The number of nitrogens with zero attached hydrogens (tertiary/aromatic N) is 4. The SMILES string of the molecule is CC(CN)c1ccc(CC(=O)N[C@H]2CN(c3ccc(C#N)nn3)C[C@H]2O)cc1. The van der Waals surface area contributed by atoms with E-state index in [9.17, 15) is 9.90 Å². The molecule has 1 fully saturated rings. The van der Waals surface area contributed by atoms with Crippen molar-refractivity contribution < 1.29 is 9.90 Å². The van der Waals surface area contributed by atoms with Gasteiger partial charge in [0.05, 0.1) is 18.6 Å². The van der Waals surface area contributed by atoms with Crippen LogP contribution in [0.15, 0.2) is 36.4 Å². The molecule has 0 saturated carbocycles. The first-order valence-corrected chi connectivity index (χ1v) is 9.25. The Labute approximate surface area is 164 Å². The Bertz CT molecular complexity index is 846. The van der Waals surface area contributed by atoms with Crippen molar-refractivity contribution in [1.82, 2.24) is 15.5 Å². The number of carbonyl (C=O) groups excluding carboxylic acids is 1. The molecule has 1 unspecified atom stereocenters. The molecule has 146 valence electrons. The Hall–Kier alpha value is -3.02. The predicted octanol–water partition coefficient (Wildman–Crippen LogP) is 0.319. The molecular weight excluding hydrogens is 356 g/mol. The smallest absolute Gasteiger partial charge is 0.224 e. The van der Waals surface area contributed by atoms with Gasteiger partial charge in [0.25, 0.3) is 0 Å². The van der Waals surface area contributed by atoms with Crippen LogP contribution >= 0.6 is 0 Å². The van der Waals surface area contributed by atoms with Crippen molar-refractivity contribution in [3.05, 3.63) is 53.2 Å². The molecule has 3 rings (SSSR count). The minimum Gasteiger partial charge on any atom is -0.389 e. The summed E-state index contributed by atoms with van der Waals surface area (Å²) in [5, 5.41) is 29.8. The van der Waals surface area contributed by atoms with E-state index in [1.54, 1.807) is 12.1 Å². The molecule has 3 atom stereocenters. The molecule has 2 aromatic rings. The number of nitrogens with two attached hydrogens (primary N) is 1. The highest BCUT2D eigenvalue weighted by molar-refractivity contribution is 5.79. The van der Waals surface area contributed by atoms with Crippen molar-refractivity contribution >= 4 is 11.7 Å². The van der Waals surface area contributed by atoms with Gasteiger partial charge in [-0.2, -0.15) is 5.26 Å². The van der Waals surface area contributed by atoms with Gasteiger partial charge in [-0.25, -0.2) is 0 Å². The quantitative estimate of drug-likeness (QED) is 0.658. The lowest BCUT2D eigenvalue weighted by molar-refractivity contribution is -0.121. The van der Waals surface area contributed by atoms with Gasteiger partial charge in [0.1, 0.15) is 6.07 Å². The number of hydrogen-bond acceptors (Lipinski definition) is 7. The van der Waals surface area contributed by atoms with Crippen molar-refractivity contribution in [2.24, 2.45) is 5.73 Å². The summed E-state index contributed by atoms with van der Waals surface area (Å²) in [5.74, 6) is 0.712. The Balaban J connectivity index is 1.55. The summed E-state index contributed by atoms with van der Waals surface area (Å²) in [6, 6.07) is 12.7.